The Bertz CT molecular complexity index is 787. The quantitative estimate of drug-likeness (QED) is 0.713. The fourth-order valence-electron chi connectivity index (χ4n) is 2.01. The zero-order valence-corrected chi connectivity index (χ0v) is 10.9. The molecule has 0 unspecified atom stereocenters. The highest BCUT2D eigenvalue weighted by atomic mass is 19.1. The van der Waals surface area contributed by atoms with Gasteiger partial charge in [-0.15, -0.1) is 0 Å². The number of hydrogen-bond donors (Lipinski definition) is 1. The van der Waals surface area contributed by atoms with E-state index in [-0.39, 0.29) is 5.82 Å². The Morgan fingerprint density at radius 2 is 2.00 bits per heavy atom. The van der Waals surface area contributed by atoms with Crippen molar-refractivity contribution < 1.29 is 9.13 Å². The zero-order valence-electron chi connectivity index (χ0n) is 10.9. The summed E-state index contributed by atoms with van der Waals surface area (Å²) in [5.41, 5.74) is 7.95. The van der Waals surface area contributed by atoms with E-state index in [4.69, 9.17) is 10.5 Å². The van der Waals surface area contributed by atoms with E-state index in [1.807, 2.05) is 18.2 Å². The van der Waals surface area contributed by atoms with Crippen LogP contribution in [0.5, 0.6) is 11.5 Å². The maximum atomic E-state index is 13.5. The van der Waals surface area contributed by atoms with Crippen molar-refractivity contribution in [2.45, 2.75) is 6.92 Å². The van der Waals surface area contributed by atoms with Crippen LogP contribution in [-0.2, 0) is 0 Å². The summed E-state index contributed by atoms with van der Waals surface area (Å²) in [6.45, 7) is 1.70. The Kier molecular flexibility index (Phi) is 2.99. The molecule has 2 N–H and O–H groups in total. The van der Waals surface area contributed by atoms with Gasteiger partial charge in [0.05, 0.1) is 11.2 Å². The van der Waals surface area contributed by atoms with E-state index < -0.39 is 0 Å². The number of aromatic nitrogens is 1. The maximum Gasteiger partial charge on any atom is 0.151 e. The number of nitrogens with zero attached hydrogens (tertiary/aromatic N) is 1. The number of benzene rings is 2. The average Bonchev–Trinajstić information content (AvgIpc) is 2.46. The van der Waals surface area contributed by atoms with E-state index in [2.05, 4.69) is 4.98 Å². The lowest BCUT2D eigenvalue weighted by Crippen LogP contribution is -1.95. The second-order valence-electron chi connectivity index (χ2n) is 4.56. The molecule has 0 atom stereocenters. The van der Waals surface area contributed by atoms with Gasteiger partial charge < -0.3 is 10.5 Å². The first-order valence-corrected chi connectivity index (χ1v) is 6.22. The fourth-order valence-corrected chi connectivity index (χ4v) is 2.01. The molecular formula is C16H13FN2O. The van der Waals surface area contributed by atoms with Gasteiger partial charge in [-0.2, -0.15) is 0 Å². The summed E-state index contributed by atoms with van der Waals surface area (Å²) in [5, 5.41) is 0.817. The molecule has 2 aromatic carbocycles. The van der Waals surface area contributed by atoms with Crippen LogP contribution in [0.15, 0.2) is 48.7 Å². The molecule has 0 aliphatic carbocycles. The number of hydrogen-bond acceptors (Lipinski definition) is 3. The lowest BCUT2D eigenvalue weighted by molar-refractivity contribution is 0.479. The summed E-state index contributed by atoms with van der Waals surface area (Å²) >= 11 is 0. The van der Waals surface area contributed by atoms with Crippen LogP contribution < -0.4 is 10.5 Å². The van der Waals surface area contributed by atoms with E-state index in [9.17, 15) is 4.39 Å². The molecule has 0 aliphatic heterocycles. The van der Waals surface area contributed by atoms with E-state index >= 15 is 0 Å². The summed E-state index contributed by atoms with van der Waals surface area (Å²) in [7, 11) is 0. The third-order valence-electron chi connectivity index (χ3n) is 3.16. The number of aryl methyl sites for hydroxylation is 1. The highest BCUT2D eigenvalue weighted by molar-refractivity contribution is 5.93. The van der Waals surface area contributed by atoms with Crippen LogP contribution in [0.3, 0.4) is 0 Å². The van der Waals surface area contributed by atoms with Gasteiger partial charge in [-0.3, -0.25) is 4.98 Å². The van der Waals surface area contributed by atoms with Gasteiger partial charge in [0.1, 0.15) is 11.6 Å². The Labute approximate surface area is 115 Å². The van der Waals surface area contributed by atoms with Gasteiger partial charge in [0.25, 0.3) is 0 Å². The van der Waals surface area contributed by atoms with Crippen molar-refractivity contribution in [1.29, 1.82) is 0 Å². The molecule has 3 rings (SSSR count). The van der Waals surface area contributed by atoms with Crippen LogP contribution in [0.4, 0.5) is 10.1 Å². The number of rotatable bonds is 2. The summed E-state index contributed by atoms with van der Waals surface area (Å²) in [6.07, 6.45) is 1.71. The first-order valence-electron chi connectivity index (χ1n) is 6.22. The molecule has 0 radical (unpaired) electrons. The molecule has 0 saturated heterocycles. The molecule has 0 bridgehead atoms. The van der Waals surface area contributed by atoms with Crippen molar-refractivity contribution in [3.8, 4) is 11.5 Å². The van der Waals surface area contributed by atoms with E-state index in [0.717, 1.165) is 10.9 Å². The van der Waals surface area contributed by atoms with E-state index in [0.29, 0.717) is 22.7 Å². The Balaban J connectivity index is 2.02. The van der Waals surface area contributed by atoms with Crippen LogP contribution >= 0.6 is 0 Å². The molecule has 0 spiro atoms. The maximum absolute atomic E-state index is 13.5. The second-order valence-corrected chi connectivity index (χ2v) is 4.56. The number of ether oxygens (including phenoxy) is 1. The topological polar surface area (TPSA) is 48.1 Å². The van der Waals surface area contributed by atoms with Gasteiger partial charge in [-0.05, 0) is 42.8 Å². The molecule has 0 saturated carbocycles. The van der Waals surface area contributed by atoms with Crippen LogP contribution in [0, 0.1) is 12.7 Å². The lowest BCUT2D eigenvalue weighted by Gasteiger charge is -2.11. The van der Waals surface area contributed by atoms with Crippen molar-refractivity contribution in [1.82, 2.24) is 4.98 Å². The Morgan fingerprint density at radius 1 is 1.15 bits per heavy atom. The van der Waals surface area contributed by atoms with Crippen molar-refractivity contribution >= 4 is 16.6 Å². The third-order valence-corrected chi connectivity index (χ3v) is 3.16. The van der Waals surface area contributed by atoms with Gasteiger partial charge in [-0.1, -0.05) is 6.07 Å². The normalized spacial score (nSPS) is 10.7. The van der Waals surface area contributed by atoms with Gasteiger partial charge in [0.2, 0.25) is 0 Å². The van der Waals surface area contributed by atoms with Gasteiger partial charge in [0.15, 0.2) is 5.75 Å². The van der Waals surface area contributed by atoms with E-state index in [1.54, 1.807) is 31.3 Å². The molecule has 0 fully saturated rings. The first-order chi connectivity index (χ1) is 9.65. The number of halogens is 1. The van der Waals surface area contributed by atoms with Crippen LogP contribution in [0.2, 0.25) is 0 Å². The molecule has 3 aromatic rings. The third kappa shape index (κ3) is 2.16. The highest BCUT2D eigenvalue weighted by Crippen LogP contribution is 2.33. The predicted molar refractivity (Wildman–Crippen MR) is 77.4 cm³/mol. The average molecular weight is 268 g/mol. The molecule has 0 amide bonds. The van der Waals surface area contributed by atoms with Crippen molar-refractivity contribution in [2.24, 2.45) is 0 Å². The van der Waals surface area contributed by atoms with Gasteiger partial charge >= 0.3 is 0 Å². The highest BCUT2D eigenvalue weighted by Gasteiger charge is 2.08. The minimum atomic E-state index is -0.302. The second kappa shape index (κ2) is 4.81. The Hall–Kier alpha value is -2.62. The minimum absolute atomic E-state index is 0.302. The lowest BCUT2D eigenvalue weighted by atomic mass is 10.1. The summed E-state index contributed by atoms with van der Waals surface area (Å²) in [6, 6.07) is 12.0. The number of fused-ring (bicyclic) bond motifs is 1. The first kappa shape index (κ1) is 12.4. The number of nitrogen functional groups attached to an aromatic ring is 1. The molecule has 3 nitrogen and oxygen atoms in total. The molecule has 20 heavy (non-hydrogen) atoms. The monoisotopic (exact) mass is 268 g/mol. The minimum Gasteiger partial charge on any atom is -0.455 e. The zero-order chi connectivity index (χ0) is 14.1. The summed E-state index contributed by atoms with van der Waals surface area (Å²) in [5.74, 6) is 0.611. The van der Waals surface area contributed by atoms with Crippen molar-refractivity contribution in [2.75, 3.05) is 5.73 Å². The Morgan fingerprint density at radius 3 is 2.80 bits per heavy atom. The van der Waals surface area contributed by atoms with Crippen molar-refractivity contribution in [3.05, 3.63) is 60.0 Å². The molecule has 4 heteroatoms. The smallest absolute Gasteiger partial charge is 0.151 e. The van der Waals surface area contributed by atoms with Gasteiger partial charge in [0, 0.05) is 17.6 Å². The number of nitrogens with two attached hydrogens (primary N) is 1. The summed E-state index contributed by atoms with van der Waals surface area (Å²) in [4.78, 5) is 4.22. The summed E-state index contributed by atoms with van der Waals surface area (Å²) < 4.78 is 19.2. The number of anilines is 1. The molecule has 1 aromatic heterocycles. The molecule has 1 heterocycles. The van der Waals surface area contributed by atoms with Crippen LogP contribution in [-0.4, -0.2) is 4.98 Å². The standard InChI is InChI=1S/C16H13FN2O/c1-10-4-5-11(9-13(10)17)20-15-7-6-14-12(16(15)18)3-2-8-19-14/h2-9H,18H2,1H3. The SMILES string of the molecule is Cc1ccc(Oc2ccc3ncccc3c2N)cc1F. The molecule has 100 valence electrons. The molecule has 0 aliphatic rings. The largest absolute Gasteiger partial charge is 0.455 e. The van der Waals surface area contributed by atoms with Crippen LogP contribution in [0.25, 0.3) is 10.9 Å². The van der Waals surface area contributed by atoms with Gasteiger partial charge in [-0.25, -0.2) is 4.39 Å². The van der Waals surface area contributed by atoms with Crippen LogP contribution in [0.1, 0.15) is 5.56 Å². The fraction of sp³-hybridized carbons (Fsp3) is 0.0625. The van der Waals surface area contributed by atoms with Crippen molar-refractivity contribution in [3.63, 3.8) is 0 Å². The van der Waals surface area contributed by atoms with E-state index in [1.165, 1.54) is 6.07 Å². The number of pyridine rings is 1. The predicted octanol–water partition coefficient (Wildman–Crippen LogP) is 4.06. The molecular weight excluding hydrogens is 255 g/mol.